The lowest BCUT2D eigenvalue weighted by Crippen LogP contribution is -2.36. The smallest absolute Gasteiger partial charge is 0.0594 e. The standard InChI is InChI=1S/C10H19NO.C2H6/c1-10(2)4-3-5-11-6-8-12-9-7-11;1-2/h1,3-9H2,2H3;1-2H3. The molecular weight excluding hydrogens is 174 g/mol. The van der Waals surface area contributed by atoms with E-state index in [-0.39, 0.29) is 0 Å². The predicted molar refractivity (Wildman–Crippen MR) is 62.7 cm³/mol. The minimum Gasteiger partial charge on any atom is -0.379 e. The van der Waals surface area contributed by atoms with E-state index in [0.29, 0.717) is 0 Å². The second-order valence-electron chi connectivity index (χ2n) is 3.51. The summed E-state index contributed by atoms with van der Waals surface area (Å²) in [7, 11) is 0. The first-order valence-electron chi connectivity index (χ1n) is 5.73. The Labute approximate surface area is 88.9 Å². The van der Waals surface area contributed by atoms with Crippen molar-refractivity contribution in [3.8, 4) is 0 Å². The molecule has 1 aliphatic rings. The van der Waals surface area contributed by atoms with Crippen LogP contribution in [0.2, 0.25) is 0 Å². The SMILES string of the molecule is C=C(C)CCCN1CCOCC1.CC. The Hall–Kier alpha value is -0.340. The largest absolute Gasteiger partial charge is 0.379 e. The van der Waals surface area contributed by atoms with E-state index in [2.05, 4.69) is 18.4 Å². The summed E-state index contributed by atoms with van der Waals surface area (Å²) in [6.07, 6.45) is 2.41. The van der Waals surface area contributed by atoms with E-state index >= 15 is 0 Å². The van der Waals surface area contributed by atoms with Crippen LogP contribution in [0.25, 0.3) is 0 Å². The molecule has 0 radical (unpaired) electrons. The molecule has 0 bridgehead atoms. The van der Waals surface area contributed by atoms with Crippen LogP contribution in [0.4, 0.5) is 0 Å². The molecule has 0 unspecified atom stereocenters. The molecule has 14 heavy (non-hydrogen) atoms. The van der Waals surface area contributed by atoms with Crippen LogP contribution in [0.1, 0.15) is 33.6 Å². The Morgan fingerprint density at radius 2 is 1.86 bits per heavy atom. The van der Waals surface area contributed by atoms with Crippen LogP contribution < -0.4 is 0 Å². The fraction of sp³-hybridized carbons (Fsp3) is 0.833. The van der Waals surface area contributed by atoms with Crippen LogP contribution >= 0.6 is 0 Å². The van der Waals surface area contributed by atoms with E-state index < -0.39 is 0 Å². The van der Waals surface area contributed by atoms with Gasteiger partial charge >= 0.3 is 0 Å². The molecule has 2 heteroatoms. The average Bonchev–Trinajstić information content (AvgIpc) is 2.22. The number of rotatable bonds is 4. The third kappa shape index (κ3) is 7.10. The van der Waals surface area contributed by atoms with Crippen molar-refractivity contribution >= 4 is 0 Å². The van der Waals surface area contributed by atoms with Crippen molar-refractivity contribution in [2.45, 2.75) is 33.6 Å². The molecule has 84 valence electrons. The molecule has 1 heterocycles. The Bertz CT molecular complexity index is 139. The van der Waals surface area contributed by atoms with Gasteiger partial charge in [0.1, 0.15) is 0 Å². The molecule has 2 nitrogen and oxygen atoms in total. The molecule has 0 saturated carbocycles. The van der Waals surface area contributed by atoms with Gasteiger partial charge in [-0.3, -0.25) is 4.90 Å². The zero-order chi connectivity index (χ0) is 10.8. The zero-order valence-corrected chi connectivity index (χ0v) is 10.0. The number of nitrogens with zero attached hydrogens (tertiary/aromatic N) is 1. The molecule has 0 atom stereocenters. The van der Waals surface area contributed by atoms with Gasteiger partial charge in [0, 0.05) is 13.1 Å². The van der Waals surface area contributed by atoms with E-state index in [0.717, 1.165) is 32.7 Å². The number of ether oxygens (including phenoxy) is 1. The summed E-state index contributed by atoms with van der Waals surface area (Å²) in [6, 6.07) is 0. The minimum atomic E-state index is 0.910. The maximum Gasteiger partial charge on any atom is 0.0594 e. The topological polar surface area (TPSA) is 12.5 Å². The molecule has 0 N–H and O–H groups in total. The van der Waals surface area contributed by atoms with Crippen molar-refractivity contribution in [1.82, 2.24) is 4.90 Å². The summed E-state index contributed by atoms with van der Waals surface area (Å²) >= 11 is 0. The lowest BCUT2D eigenvalue weighted by molar-refractivity contribution is 0.0375. The Morgan fingerprint density at radius 3 is 2.36 bits per heavy atom. The number of morpholine rings is 1. The molecule has 1 aliphatic heterocycles. The highest BCUT2D eigenvalue weighted by atomic mass is 16.5. The Morgan fingerprint density at radius 1 is 1.29 bits per heavy atom. The molecule has 0 aromatic heterocycles. The molecule has 0 amide bonds. The van der Waals surface area contributed by atoms with Crippen molar-refractivity contribution < 1.29 is 4.74 Å². The maximum absolute atomic E-state index is 5.27. The molecule has 1 saturated heterocycles. The van der Waals surface area contributed by atoms with Crippen molar-refractivity contribution in [2.75, 3.05) is 32.8 Å². The summed E-state index contributed by atoms with van der Waals surface area (Å²) in [5, 5.41) is 0. The number of hydrogen-bond donors (Lipinski definition) is 0. The molecule has 0 aromatic carbocycles. The van der Waals surface area contributed by atoms with Gasteiger partial charge in [-0.05, 0) is 26.3 Å². The lowest BCUT2D eigenvalue weighted by Gasteiger charge is -2.26. The van der Waals surface area contributed by atoms with Gasteiger partial charge in [-0.2, -0.15) is 0 Å². The van der Waals surface area contributed by atoms with Crippen LogP contribution in [0.15, 0.2) is 12.2 Å². The summed E-state index contributed by atoms with van der Waals surface area (Å²) in [6.45, 7) is 15.2. The van der Waals surface area contributed by atoms with Gasteiger partial charge in [-0.1, -0.05) is 19.4 Å². The van der Waals surface area contributed by atoms with Crippen molar-refractivity contribution in [1.29, 1.82) is 0 Å². The second kappa shape index (κ2) is 9.22. The number of allylic oxidation sites excluding steroid dienone is 1. The third-order valence-electron chi connectivity index (χ3n) is 2.18. The van der Waals surface area contributed by atoms with Gasteiger partial charge in [0.2, 0.25) is 0 Å². The molecule has 0 aromatic rings. The minimum absolute atomic E-state index is 0.910. The average molecular weight is 199 g/mol. The van der Waals surface area contributed by atoms with Crippen molar-refractivity contribution in [3.63, 3.8) is 0 Å². The maximum atomic E-state index is 5.27. The highest BCUT2D eigenvalue weighted by molar-refractivity contribution is 4.87. The van der Waals surface area contributed by atoms with Crippen LogP contribution in [0.5, 0.6) is 0 Å². The normalized spacial score (nSPS) is 17.1. The lowest BCUT2D eigenvalue weighted by atomic mass is 10.2. The van der Waals surface area contributed by atoms with E-state index in [1.165, 1.54) is 18.5 Å². The van der Waals surface area contributed by atoms with Crippen LogP contribution in [0, 0.1) is 0 Å². The van der Waals surface area contributed by atoms with Gasteiger partial charge in [0.05, 0.1) is 13.2 Å². The van der Waals surface area contributed by atoms with Gasteiger partial charge < -0.3 is 4.74 Å². The van der Waals surface area contributed by atoms with Gasteiger partial charge in [0.25, 0.3) is 0 Å². The summed E-state index contributed by atoms with van der Waals surface area (Å²) in [5.41, 5.74) is 1.29. The van der Waals surface area contributed by atoms with Crippen LogP contribution in [0.3, 0.4) is 0 Å². The van der Waals surface area contributed by atoms with Crippen LogP contribution in [-0.4, -0.2) is 37.7 Å². The molecule has 0 aliphatic carbocycles. The quantitative estimate of drug-likeness (QED) is 0.645. The first-order valence-corrected chi connectivity index (χ1v) is 5.73. The highest BCUT2D eigenvalue weighted by Crippen LogP contribution is 2.04. The zero-order valence-electron chi connectivity index (χ0n) is 10.0. The van der Waals surface area contributed by atoms with E-state index in [1.807, 2.05) is 13.8 Å². The molecule has 1 rings (SSSR count). The third-order valence-corrected chi connectivity index (χ3v) is 2.18. The first kappa shape index (κ1) is 13.7. The van der Waals surface area contributed by atoms with Crippen LogP contribution in [-0.2, 0) is 4.74 Å². The van der Waals surface area contributed by atoms with E-state index in [4.69, 9.17) is 4.74 Å². The fourth-order valence-corrected chi connectivity index (χ4v) is 1.43. The summed E-state index contributed by atoms with van der Waals surface area (Å²) in [5.74, 6) is 0. The Balaban J connectivity index is 0.000000791. The monoisotopic (exact) mass is 199 g/mol. The summed E-state index contributed by atoms with van der Waals surface area (Å²) in [4.78, 5) is 2.46. The first-order chi connectivity index (χ1) is 6.79. The second-order valence-corrected chi connectivity index (χ2v) is 3.51. The Kier molecular flexibility index (Phi) is 9.00. The summed E-state index contributed by atoms with van der Waals surface area (Å²) < 4.78 is 5.27. The molecule has 1 fully saturated rings. The van der Waals surface area contributed by atoms with Crippen molar-refractivity contribution in [2.24, 2.45) is 0 Å². The van der Waals surface area contributed by atoms with Crippen molar-refractivity contribution in [3.05, 3.63) is 12.2 Å². The molecule has 0 spiro atoms. The van der Waals surface area contributed by atoms with Gasteiger partial charge in [-0.15, -0.1) is 6.58 Å². The number of hydrogen-bond acceptors (Lipinski definition) is 2. The molecular formula is C12H25NO. The van der Waals surface area contributed by atoms with E-state index in [1.54, 1.807) is 0 Å². The fourth-order valence-electron chi connectivity index (χ4n) is 1.43. The van der Waals surface area contributed by atoms with Gasteiger partial charge in [0.15, 0.2) is 0 Å². The highest BCUT2D eigenvalue weighted by Gasteiger charge is 2.08. The van der Waals surface area contributed by atoms with E-state index in [9.17, 15) is 0 Å². The predicted octanol–water partition coefficient (Wildman–Crippen LogP) is 2.70. The van der Waals surface area contributed by atoms with Gasteiger partial charge in [-0.25, -0.2) is 0 Å².